The van der Waals surface area contributed by atoms with E-state index in [1.54, 1.807) is 24.3 Å². The Morgan fingerprint density at radius 3 is 2.53 bits per heavy atom. The van der Waals surface area contributed by atoms with E-state index in [0.29, 0.717) is 21.8 Å². The number of hydrogen-bond donors (Lipinski definition) is 2. The molecule has 98 valence electrons. The van der Waals surface area contributed by atoms with Gasteiger partial charge in [0.15, 0.2) is 0 Å². The van der Waals surface area contributed by atoms with Gasteiger partial charge in [-0.05, 0) is 48.3 Å². The quantitative estimate of drug-likeness (QED) is 0.374. The molecule has 19 heavy (non-hydrogen) atoms. The Labute approximate surface area is 111 Å². The lowest BCUT2D eigenvalue weighted by Gasteiger charge is -2.04. The Morgan fingerprint density at radius 2 is 1.79 bits per heavy atom. The first-order valence-electron chi connectivity index (χ1n) is 5.74. The molecule has 4 N–H and O–H groups in total. The monoisotopic (exact) mass is 257 g/mol. The van der Waals surface area contributed by atoms with E-state index < -0.39 is 0 Å². The van der Waals surface area contributed by atoms with Crippen LogP contribution in [0.2, 0.25) is 0 Å². The van der Waals surface area contributed by atoms with E-state index in [2.05, 4.69) is 10.2 Å². The third-order valence-corrected chi connectivity index (χ3v) is 2.73. The molecule has 0 unspecified atom stereocenters. The maximum atomic E-state index is 11.5. The number of pyridine rings is 1. The van der Waals surface area contributed by atoms with Crippen molar-refractivity contribution >= 4 is 22.9 Å². The van der Waals surface area contributed by atoms with E-state index >= 15 is 0 Å². The maximum absolute atomic E-state index is 11.5. The van der Waals surface area contributed by atoms with Crippen molar-refractivity contribution in [3.8, 4) is 0 Å². The van der Waals surface area contributed by atoms with Crippen LogP contribution in [0.5, 0.6) is 0 Å². The lowest BCUT2D eigenvalue weighted by molar-refractivity contribution is -0.591. The minimum atomic E-state index is 0.217. The summed E-state index contributed by atoms with van der Waals surface area (Å²) in [5, 5.41) is 19.4. The van der Waals surface area contributed by atoms with Crippen LogP contribution in [-0.2, 0) is 0 Å². The highest BCUT2D eigenvalue weighted by atomic mass is 16.5. The lowest BCUT2D eigenvalue weighted by atomic mass is 10.1. The molecule has 0 aliphatic rings. The molecule has 1 aromatic heterocycles. The Morgan fingerprint density at radius 1 is 1.05 bits per heavy atom. The van der Waals surface area contributed by atoms with Gasteiger partial charge in [-0.15, -0.1) is 0 Å². The first-order chi connectivity index (χ1) is 8.97. The largest absolute Gasteiger partial charge is 0.710 e. The summed E-state index contributed by atoms with van der Waals surface area (Å²) in [5.41, 5.74) is 14.9. The van der Waals surface area contributed by atoms with Gasteiger partial charge in [0, 0.05) is 11.8 Å². The van der Waals surface area contributed by atoms with Crippen LogP contribution in [0.3, 0.4) is 0 Å². The average molecular weight is 257 g/mol. The molecule has 0 amide bonds. The molecule has 1 heterocycles. The smallest absolute Gasteiger partial charge is 0.353 e. The van der Waals surface area contributed by atoms with Crippen LogP contribution in [0.1, 0.15) is 11.1 Å². The van der Waals surface area contributed by atoms with Gasteiger partial charge in [0.25, 0.3) is 0 Å². The number of azo groups is 1. The second kappa shape index (κ2) is 4.93. The predicted molar refractivity (Wildman–Crippen MR) is 74.3 cm³/mol. The lowest BCUT2D eigenvalue weighted by Crippen LogP contribution is -2.25. The first kappa shape index (κ1) is 12.8. The first-order valence-corrected chi connectivity index (χ1v) is 5.74. The molecular weight excluding hydrogens is 242 g/mol. The number of hydrogen-bond acceptors (Lipinski definition) is 5. The number of rotatable bonds is 2. The molecule has 0 saturated heterocycles. The van der Waals surface area contributed by atoms with Gasteiger partial charge in [0.1, 0.15) is 5.69 Å². The molecule has 0 radical (unpaired) electrons. The summed E-state index contributed by atoms with van der Waals surface area (Å²) in [5.74, 6) is 0.217. The molecule has 0 saturated carbocycles. The third kappa shape index (κ3) is 2.79. The van der Waals surface area contributed by atoms with Crippen molar-refractivity contribution in [3.05, 3.63) is 46.8 Å². The summed E-state index contributed by atoms with van der Waals surface area (Å²) in [6.07, 6.45) is 1.39. The SMILES string of the molecule is Cc1cc[n+]([O-])c(N=Nc2cc(C)c(N)cc2N)c1. The summed E-state index contributed by atoms with van der Waals surface area (Å²) in [4.78, 5) is 0. The van der Waals surface area contributed by atoms with Crippen LogP contribution in [0.15, 0.2) is 40.7 Å². The highest BCUT2D eigenvalue weighted by Crippen LogP contribution is 2.28. The average Bonchev–Trinajstić information content (AvgIpc) is 2.36. The van der Waals surface area contributed by atoms with Gasteiger partial charge in [-0.1, -0.05) is 0 Å². The van der Waals surface area contributed by atoms with E-state index in [1.807, 2.05) is 13.8 Å². The third-order valence-electron chi connectivity index (χ3n) is 2.73. The molecule has 0 aliphatic carbocycles. The standard InChI is InChI=1S/C13H15N5O/c1-8-3-4-18(19)13(5-8)17-16-12-6-9(2)10(14)7-11(12)15/h3-7H,14-15H2,1-2H3. The maximum Gasteiger partial charge on any atom is 0.353 e. The van der Waals surface area contributed by atoms with Crippen LogP contribution >= 0.6 is 0 Å². The molecule has 0 fully saturated rings. The number of benzene rings is 1. The summed E-state index contributed by atoms with van der Waals surface area (Å²) in [6.45, 7) is 3.73. The van der Waals surface area contributed by atoms with Gasteiger partial charge in [-0.25, -0.2) is 4.73 Å². The normalized spacial score (nSPS) is 11.1. The van der Waals surface area contributed by atoms with Crippen molar-refractivity contribution in [2.24, 2.45) is 10.2 Å². The summed E-state index contributed by atoms with van der Waals surface area (Å²) in [6, 6.07) is 6.72. The van der Waals surface area contributed by atoms with Gasteiger partial charge in [-0.2, -0.15) is 0 Å². The zero-order valence-corrected chi connectivity index (χ0v) is 10.8. The summed E-state index contributed by atoms with van der Waals surface area (Å²) >= 11 is 0. The van der Waals surface area contributed by atoms with E-state index in [0.717, 1.165) is 11.1 Å². The minimum Gasteiger partial charge on any atom is -0.710 e. The topological polar surface area (TPSA) is 104 Å². The number of aryl methyl sites for hydroxylation is 2. The molecule has 0 bridgehead atoms. The van der Waals surface area contributed by atoms with E-state index in [-0.39, 0.29) is 5.82 Å². The minimum absolute atomic E-state index is 0.217. The molecular formula is C13H15N5O. The van der Waals surface area contributed by atoms with Crippen molar-refractivity contribution in [2.75, 3.05) is 11.5 Å². The summed E-state index contributed by atoms with van der Waals surface area (Å²) < 4.78 is 0.650. The second-order valence-corrected chi connectivity index (χ2v) is 4.36. The highest BCUT2D eigenvalue weighted by molar-refractivity contribution is 5.70. The van der Waals surface area contributed by atoms with Crippen molar-refractivity contribution in [3.63, 3.8) is 0 Å². The van der Waals surface area contributed by atoms with Crippen molar-refractivity contribution in [1.82, 2.24) is 0 Å². The van der Waals surface area contributed by atoms with E-state index in [1.165, 1.54) is 6.20 Å². The number of nitrogens with zero attached hydrogens (tertiary/aromatic N) is 3. The molecule has 6 nitrogen and oxygen atoms in total. The van der Waals surface area contributed by atoms with Crippen LogP contribution in [0.25, 0.3) is 0 Å². The number of nitrogen functional groups attached to an aromatic ring is 2. The van der Waals surface area contributed by atoms with E-state index in [4.69, 9.17) is 11.5 Å². The fraction of sp³-hybridized carbons (Fsp3) is 0.154. The van der Waals surface area contributed by atoms with Crippen LogP contribution in [-0.4, -0.2) is 0 Å². The van der Waals surface area contributed by atoms with Crippen molar-refractivity contribution in [1.29, 1.82) is 0 Å². The molecule has 1 aromatic carbocycles. The summed E-state index contributed by atoms with van der Waals surface area (Å²) in [7, 11) is 0. The van der Waals surface area contributed by atoms with Gasteiger partial charge >= 0.3 is 5.82 Å². The Balaban J connectivity index is 2.38. The second-order valence-electron chi connectivity index (χ2n) is 4.36. The molecule has 2 aromatic rings. The molecule has 0 aliphatic heterocycles. The van der Waals surface area contributed by atoms with Gasteiger partial charge < -0.3 is 16.7 Å². The van der Waals surface area contributed by atoms with Crippen molar-refractivity contribution < 1.29 is 4.73 Å². The van der Waals surface area contributed by atoms with E-state index in [9.17, 15) is 5.21 Å². The van der Waals surface area contributed by atoms with Gasteiger partial charge in [0.2, 0.25) is 0 Å². The number of aromatic nitrogens is 1. The molecule has 0 atom stereocenters. The van der Waals surface area contributed by atoms with Crippen LogP contribution in [0, 0.1) is 19.1 Å². The number of nitrogens with two attached hydrogens (primary N) is 2. The molecule has 6 heteroatoms. The number of anilines is 2. The Bertz CT molecular complexity index is 652. The van der Waals surface area contributed by atoms with Gasteiger partial charge in [-0.3, -0.25) is 0 Å². The zero-order chi connectivity index (χ0) is 14.0. The zero-order valence-electron chi connectivity index (χ0n) is 10.8. The predicted octanol–water partition coefficient (Wildman–Crippen LogP) is 2.52. The van der Waals surface area contributed by atoms with Gasteiger partial charge in [0.05, 0.1) is 17.0 Å². The Kier molecular flexibility index (Phi) is 3.33. The molecule has 2 rings (SSSR count). The van der Waals surface area contributed by atoms with Crippen LogP contribution in [0.4, 0.5) is 22.9 Å². The van der Waals surface area contributed by atoms with Crippen LogP contribution < -0.4 is 16.2 Å². The fourth-order valence-electron chi connectivity index (χ4n) is 1.57. The molecule has 0 spiro atoms. The highest BCUT2D eigenvalue weighted by Gasteiger charge is 2.07. The fourth-order valence-corrected chi connectivity index (χ4v) is 1.57. The van der Waals surface area contributed by atoms with Crippen molar-refractivity contribution in [2.45, 2.75) is 13.8 Å². The Hall–Kier alpha value is -2.63.